The summed E-state index contributed by atoms with van der Waals surface area (Å²) in [5.41, 5.74) is 3.35. The van der Waals surface area contributed by atoms with Gasteiger partial charge in [-0.15, -0.1) is 20.4 Å². The van der Waals surface area contributed by atoms with Gasteiger partial charge in [0.1, 0.15) is 5.75 Å². The molecule has 0 unspecified atom stereocenters. The molecule has 11 heteroatoms. The van der Waals surface area contributed by atoms with Crippen molar-refractivity contribution >= 4 is 31.9 Å². The maximum atomic E-state index is 6.04. The van der Waals surface area contributed by atoms with Crippen LogP contribution in [0.4, 0.5) is 0 Å². The number of hydrogen-bond donors (Lipinski definition) is 0. The normalized spacial score (nSPS) is 11.1. The quantitative estimate of drug-likeness (QED) is 0.199. The summed E-state index contributed by atoms with van der Waals surface area (Å²) in [6.45, 7) is 0. The Morgan fingerprint density at radius 2 is 1.16 bits per heavy atom. The first-order valence-corrected chi connectivity index (χ1v) is 12.6. The molecule has 3 heterocycles. The highest BCUT2D eigenvalue weighted by molar-refractivity contribution is 9.10. The molecule has 3 aromatic carbocycles. The van der Waals surface area contributed by atoms with Crippen LogP contribution in [0.15, 0.2) is 96.8 Å². The van der Waals surface area contributed by atoms with Gasteiger partial charge in [0.05, 0.1) is 18.4 Å². The van der Waals surface area contributed by atoms with Gasteiger partial charge in [-0.05, 0) is 72.8 Å². The number of rotatable bonds is 6. The highest BCUT2D eigenvalue weighted by atomic mass is 79.9. The Morgan fingerprint density at radius 1 is 0.649 bits per heavy atom. The summed E-state index contributed by atoms with van der Waals surface area (Å²) in [4.78, 5) is 0. The molecule has 3 aromatic heterocycles. The Morgan fingerprint density at radius 3 is 1.73 bits per heavy atom. The topological polar surface area (TPSA) is 105 Å². The van der Waals surface area contributed by atoms with Gasteiger partial charge in [0, 0.05) is 26.3 Å². The van der Waals surface area contributed by atoms with Crippen LogP contribution in [0.25, 0.3) is 51.6 Å². The lowest BCUT2D eigenvalue weighted by Crippen LogP contribution is -1.95. The minimum atomic E-state index is 0.226. The fraction of sp³-hybridized carbons (Fsp3) is 0.0385. The first-order valence-electron chi connectivity index (χ1n) is 11.0. The number of halogens is 2. The van der Waals surface area contributed by atoms with Crippen molar-refractivity contribution in [2.45, 2.75) is 0 Å². The van der Waals surface area contributed by atoms with Crippen molar-refractivity contribution in [2.75, 3.05) is 7.11 Å². The molecule has 6 aromatic rings. The average molecular weight is 620 g/mol. The molecule has 0 N–H and O–H groups in total. The van der Waals surface area contributed by atoms with Gasteiger partial charge in [-0.3, -0.25) is 0 Å². The van der Waals surface area contributed by atoms with Crippen molar-refractivity contribution in [1.82, 2.24) is 30.2 Å². The molecule has 0 atom stereocenters. The second-order valence-electron chi connectivity index (χ2n) is 7.87. The molecular formula is C26H16Br2N6O3. The lowest BCUT2D eigenvalue weighted by atomic mass is 10.2. The SMILES string of the molecule is COc1ccc(-n2cc(-c3nnc(-c4ccc(Br)cc4)o3)c(-c3nnc(-c4ccc(Br)cc4)o3)n2)cc1. The highest BCUT2D eigenvalue weighted by Gasteiger charge is 2.24. The third-order valence-corrected chi connectivity index (χ3v) is 6.57. The standard InChI is InChI=1S/C26H16Br2N6O3/c1-35-20-12-10-19(11-13-20)34-14-21(25-31-29-23(36-25)15-2-6-17(27)7-3-15)22(33-34)26-32-30-24(37-26)16-4-8-18(28)9-5-16/h2-14H,1H3. The molecule has 0 aliphatic rings. The number of ether oxygens (including phenoxy) is 1. The van der Waals surface area contributed by atoms with E-state index in [1.54, 1.807) is 18.0 Å². The molecule has 0 aliphatic carbocycles. The fourth-order valence-corrected chi connectivity index (χ4v) is 4.15. The van der Waals surface area contributed by atoms with Gasteiger partial charge in [-0.2, -0.15) is 5.10 Å². The van der Waals surface area contributed by atoms with Crippen LogP contribution in [0.2, 0.25) is 0 Å². The number of hydrogen-bond acceptors (Lipinski definition) is 8. The van der Waals surface area contributed by atoms with Crippen LogP contribution < -0.4 is 4.74 Å². The van der Waals surface area contributed by atoms with Crippen molar-refractivity contribution in [1.29, 1.82) is 0 Å². The van der Waals surface area contributed by atoms with Crippen LogP contribution in [0.5, 0.6) is 5.75 Å². The smallest absolute Gasteiger partial charge is 0.269 e. The van der Waals surface area contributed by atoms with Crippen molar-refractivity contribution in [2.24, 2.45) is 0 Å². The molecule has 182 valence electrons. The van der Waals surface area contributed by atoms with Crippen molar-refractivity contribution in [3.63, 3.8) is 0 Å². The number of methoxy groups -OCH3 is 1. The second-order valence-corrected chi connectivity index (χ2v) is 9.70. The van der Waals surface area contributed by atoms with Crippen LogP contribution >= 0.6 is 31.9 Å². The summed E-state index contributed by atoms with van der Waals surface area (Å²) in [7, 11) is 1.62. The molecule has 0 amide bonds. The minimum Gasteiger partial charge on any atom is -0.497 e. The van der Waals surface area contributed by atoms with Crippen LogP contribution in [0.3, 0.4) is 0 Å². The predicted molar refractivity (Wildman–Crippen MR) is 143 cm³/mol. The Labute approximate surface area is 227 Å². The fourth-order valence-electron chi connectivity index (χ4n) is 3.62. The van der Waals surface area contributed by atoms with Crippen LogP contribution in [0.1, 0.15) is 0 Å². The third-order valence-electron chi connectivity index (χ3n) is 5.52. The number of aromatic nitrogens is 6. The van der Waals surface area contributed by atoms with Crippen LogP contribution in [-0.2, 0) is 0 Å². The summed E-state index contributed by atoms with van der Waals surface area (Å²) >= 11 is 6.88. The maximum absolute atomic E-state index is 6.04. The van der Waals surface area contributed by atoms with Gasteiger partial charge in [0.25, 0.3) is 11.8 Å². The summed E-state index contributed by atoms with van der Waals surface area (Å²) < 4.78 is 20.9. The molecule has 9 nitrogen and oxygen atoms in total. The molecule has 6 rings (SSSR count). The molecule has 0 spiro atoms. The van der Waals surface area contributed by atoms with Gasteiger partial charge in [-0.25, -0.2) is 4.68 Å². The summed E-state index contributed by atoms with van der Waals surface area (Å²) in [6.07, 6.45) is 1.79. The van der Waals surface area contributed by atoms with Crippen molar-refractivity contribution in [3.05, 3.63) is 87.9 Å². The average Bonchev–Trinajstić information content (AvgIpc) is 3.69. The lowest BCUT2D eigenvalue weighted by Gasteiger charge is -2.02. The minimum absolute atomic E-state index is 0.226. The molecule has 0 radical (unpaired) electrons. The van der Waals surface area contributed by atoms with E-state index >= 15 is 0 Å². The molecule has 0 fully saturated rings. The maximum Gasteiger partial charge on any atom is 0.269 e. The predicted octanol–water partition coefficient (Wildman–Crippen LogP) is 6.84. The summed E-state index contributed by atoms with van der Waals surface area (Å²) in [5.74, 6) is 1.99. The molecule has 0 saturated heterocycles. The van der Waals surface area contributed by atoms with E-state index in [9.17, 15) is 0 Å². The van der Waals surface area contributed by atoms with E-state index in [0.717, 1.165) is 31.5 Å². The van der Waals surface area contributed by atoms with Gasteiger partial charge >= 0.3 is 0 Å². The molecule has 0 bridgehead atoms. The van der Waals surface area contributed by atoms with Gasteiger partial charge in [0.2, 0.25) is 11.8 Å². The molecule has 37 heavy (non-hydrogen) atoms. The Hall–Kier alpha value is -4.09. The van der Waals surface area contributed by atoms with Crippen molar-refractivity contribution < 1.29 is 13.6 Å². The van der Waals surface area contributed by atoms with E-state index in [-0.39, 0.29) is 11.8 Å². The van der Waals surface area contributed by atoms with Gasteiger partial charge < -0.3 is 13.6 Å². The first kappa shape index (κ1) is 23.3. The molecule has 0 saturated carbocycles. The summed E-state index contributed by atoms with van der Waals surface area (Å²) in [6, 6.07) is 22.7. The third kappa shape index (κ3) is 4.70. The lowest BCUT2D eigenvalue weighted by molar-refractivity contribution is 0.414. The first-order chi connectivity index (χ1) is 18.1. The largest absolute Gasteiger partial charge is 0.497 e. The highest BCUT2D eigenvalue weighted by Crippen LogP contribution is 2.34. The van der Waals surface area contributed by atoms with Crippen molar-refractivity contribution in [3.8, 4) is 57.4 Å². The second kappa shape index (κ2) is 9.75. The van der Waals surface area contributed by atoms with E-state index in [2.05, 4.69) is 52.3 Å². The Bertz CT molecular complexity index is 1570. The van der Waals surface area contributed by atoms with E-state index in [1.165, 1.54) is 0 Å². The van der Waals surface area contributed by atoms with Crippen LogP contribution in [-0.4, -0.2) is 37.3 Å². The van der Waals surface area contributed by atoms with Crippen LogP contribution in [0, 0.1) is 0 Å². The Balaban J connectivity index is 1.44. The van der Waals surface area contributed by atoms with E-state index in [0.29, 0.717) is 23.0 Å². The zero-order valence-electron chi connectivity index (χ0n) is 19.2. The molecular weight excluding hydrogens is 604 g/mol. The monoisotopic (exact) mass is 618 g/mol. The summed E-state index contributed by atoms with van der Waals surface area (Å²) in [5, 5.41) is 21.7. The van der Waals surface area contributed by atoms with E-state index < -0.39 is 0 Å². The number of nitrogens with zero attached hydrogens (tertiary/aromatic N) is 6. The van der Waals surface area contributed by atoms with E-state index in [4.69, 9.17) is 18.7 Å². The van der Waals surface area contributed by atoms with Gasteiger partial charge in [-0.1, -0.05) is 31.9 Å². The Kier molecular flexibility index (Phi) is 6.15. The number of benzene rings is 3. The zero-order valence-corrected chi connectivity index (χ0v) is 22.3. The molecule has 0 aliphatic heterocycles. The van der Waals surface area contributed by atoms with Gasteiger partial charge in [0.15, 0.2) is 5.69 Å². The van der Waals surface area contributed by atoms with E-state index in [1.807, 2.05) is 72.8 Å². The zero-order chi connectivity index (χ0) is 25.4.